The maximum absolute atomic E-state index is 5.62. The number of benzene rings is 1. The molecular formula is C15H18N2. The lowest BCUT2D eigenvalue weighted by Crippen LogP contribution is -1.98. The number of hydrogen-bond acceptors (Lipinski definition) is 1. The van der Waals surface area contributed by atoms with Gasteiger partial charge in [0, 0.05) is 25.5 Å². The topological polar surface area (TPSA) is 30.9 Å². The molecule has 88 valence electrons. The molecule has 1 aliphatic carbocycles. The standard InChI is InChI=1S/C15H18N2/c16-9-13-6-7-17(11-13)10-12-4-5-14-2-1-3-15(14)8-12/h4-8,11H,1-3,9-10,16H2. The predicted molar refractivity (Wildman–Crippen MR) is 69.9 cm³/mol. The van der Waals surface area contributed by atoms with Crippen LogP contribution in [0.1, 0.15) is 28.7 Å². The van der Waals surface area contributed by atoms with Crippen LogP contribution in [-0.2, 0) is 25.9 Å². The second-order valence-corrected chi connectivity index (χ2v) is 4.85. The molecule has 0 unspecified atom stereocenters. The molecule has 2 nitrogen and oxygen atoms in total. The van der Waals surface area contributed by atoms with Crippen molar-refractivity contribution in [2.45, 2.75) is 32.4 Å². The normalized spacial score (nSPS) is 13.9. The Balaban J connectivity index is 1.80. The molecule has 0 amide bonds. The first-order valence-electron chi connectivity index (χ1n) is 6.30. The minimum Gasteiger partial charge on any atom is -0.350 e. The quantitative estimate of drug-likeness (QED) is 0.856. The molecule has 3 rings (SSSR count). The van der Waals surface area contributed by atoms with Crippen molar-refractivity contribution in [1.82, 2.24) is 4.57 Å². The van der Waals surface area contributed by atoms with Gasteiger partial charge in [-0.1, -0.05) is 18.2 Å². The summed E-state index contributed by atoms with van der Waals surface area (Å²) in [7, 11) is 0. The summed E-state index contributed by atoms with van der Waals surface area (Å²) in [6.07, 6.45) is 8.07. The zero-order chi connectivity index (χ0) is 11.7. The van der Waals surface area contributed by atoms with Crippen molar-refractivity contribution in [3.8, 4) is 0 Å². The third kappa shape index (κ3) is 2.13. The van der Waals surface area contributed by atoms with Crippen molar-refractivity contribution in [3.63, 3.8) is 0 Å². The second-order valence-electron chi connectivity index (χ2n) is 4.85. The molecule has 2 N–H and O–H groups in total. The number of aromatic nitrogens is 1. The van der Waals surface area contributed by atoms with Crippen molar-refractivity contribution in [2.24, 2.45) is 5.73 Å². The van der Waals surface area contributed by atoms with E-state index in [1.807, 2.05) is 0 Å². The Morgan fingerprint density at radius 2 is 1.94 bits per heavy atom. The van der Waals surface area contributed by atoms with Crippen LogP contribution in [0.25, 0.3) is 0 Å². The molecule has 2 aromatic rings. The van der Waals surface area contributed by atoms with Crippen LogP contribution in [0.15, 0.2) is 36.7 Å². The molecule has 0 saturated carbocycles. The minimum atomic E-state index is 0.622. The van der Waals surface area contributed by atoms with Crippen LogP contribution in [0.4, 0.5) is 0 Å². The number of aryl methyl sites for hydroxylation is 2. The van der Waals surface area contributed by atoms with Crippen LogP contribution < -0.4 is 5.73 Å². The fourth-order valence-electron chi connectivity index (χ4n) is 2.64. The summed E-state index contributed by atoms with van der Waals surface area (Å²) in [6, 6.07) is 9.01. The van der Waals surface area contributed by atoms with E-state index in [0.29, 0.717) is 6.54 Å². The van der Waals surface area contributed by atoms with Gasteiger partial charge in [-0.3, -0.25) is 0 Å². The van der Waals surface area contributed by atoms with E-state index in [1.54, 1.807) is 11.1 Å². The number of fused-ring (bicyclic) bond motifs is 1. The third-order valence-corrected chi connectivity index (χ3v) is 3.58. The van der Waals surface area contributed by atoms with Gasteiger partial charge in [-0.25, -0.2) is 0 Å². The van der Waals surface area contributed by atoms with E-state index in [2.05, 4.69) is 41.2 Å². The molecule has 2 heteroatoms. The van der Waals surface area contributed by atoms with Crippen molar-refractivity contribution in [3.05, 3.63) is 58.9 Å². The smallest absolute Gasteiger partial charge is 0.0470 e. The number of nitrogens with two attached hydrogens (primary N) is 1. The molecule has 1 aromatic carbocycles. The van der Waals surface area contributed by atoms with Crippen molar-refractivity contribution in [1.29, 1.82) is 0 Å². The Hall–Kier alpha value is -1.54. The third-order valence-electron chi connectivity index (χ3n) is 3.58. The summed E-state index contributed by atoms with van der Waals surface area (Å²) in [5.41, 5.74) is 11.3. The van der Waals surface area contributed by atoms with Gasteiger partial charge in [0.2, 0.25) is 0 Å². The van der Waals surface area contributed by atoms with Crippen molar-refractivity contribution < 1.29 is 0 Å². The monoisotopic (exact) mass is 226 g/mol. The first kappa shape index (κ1) is 10.6. The zero-order valence-corrected chi connectivity index (χ0v) is 10.0. The average molecular weight is 226 g/mol. The lowest BCUT2D eigenvalue weighted by atomic mass is 10.1. The summed E-state index contributed by atoms with van der Waals surface area (Å²) in [5, 5.41) is 0. The molecule has 1 heterocycles. The van der Waals surface area contributed by atoms with Gasteiger partial charge in [0.15, 0.2) is 0 Å². The highest BCUT2D eigenvalue weighted by Crippen LogP contribution is 2.23. The van der Waals surface area contributed by atoms with Gasteiger partial charge in [-0.15, -0.1) is 0 Å². The average Bonchev–Trinajstić information content (AvgIpc) is 2.96. The Kier molecular flexibility index (Phi) is 2.73. The molecule has 0 fully saturated rings. The highest BCUT2D eigenvalue weighted by Gasteiger charge is 2.10. The first-order chi connectivity index (χ1) is 8.35. The van der Waals surface area contributed by atoms with E-state index in [0.717, 1.165) is 6.54 Å². The summed E-state index contributed by atoms with van der Waals surface area (Å²) in [4.78, 5) is 0. The number of rotatable bonds is 3. The molecule has 0 atom stereocenters. The van der Waals surface area contributed by atoms with Crippen LogP contribution in [-0.4, -0.2) is 4.57 Å². The highest BCUT2D eigenvalue weighted by atomic mass is 14.9. The summed E-state index contributed by atoms with van der Waals surface area (Å²) < 4.78 is 2.21. The van der Waals surface area contributed by atoms with E-state index in [-0.39, 0.29) is 0 Å². The summed E-state index contributed by atoms with van der Waals surface area (Å²) in [6.45, 7) is 1.57. The lowest BCUT2D eigenvalue weighted by Gasteiger charge is -2.06. The van der Waals surface area contributed by atoms with Crippen molar-refractivity contribution >= 4 is 0 Å². The maximum Gasteiger partial charge on any atom is 0.0470 e. The Morgan fingerprint density at radius 3 is 2.76 bits per heavy atom. The lowest BCUT2D eigenvalue weighted by molar-refractivity contribution is 0.800. The van der Waals surface area contributed by atoms with Gasteiger partial charge in [0.05, 0.1) is 0 Å². The summed E-state index contributed by atoms with van der Waals surface area (Å²) in [5.74, 6) is 0. The Labute approximate surface area is 102 Å². The molecule has 0 saturated heterocycles. The maximum atomic E-state index is 5.62. The molecule has 0 bridgehead atoms. The van der Waals surface area contributed by atoms with Crippen LogP contribution in [0.3, 0.4) is 0 Å². The van der Waals surface area contributed by atoms with E-state index in [9.17, 15) is 0 Å². The highest BCUT2D eigenvalue weighted by molar-refractivity contribution is 5.35. The summed E-state index contributed by atoms with van der Waals surface area (Å²) >= 11 is 0. The predicted octanol–water partition coefficient (Wildman–Crippen LogP) is 2.48. The minimum absolute atomic E-state index is 0.622. The molecule has 1 aliphatic rings. The molecule has 0 aliphatic heterocycles. The van der Waals surface area contributed by atoms with Gasteiger partial charge in [-0.2, -0.15) is 0 Å². The number of hydrogen-bond donors (Lipinski definition) is 1. The second kappa shape index (κ2) is 4.38. The SMILES string of the molecule is NCc1ccn(Cc2ccc3c(c2)CCC3)c1. The molecule has 0 spiro atoms. The van der Waals surface area contributed by atoms with Crippen molar-refractivity contribution in [2.75, 3.05) is 0 Å². The van der Waals surface area contributed by atoms with E-state index < -0.39 is 0 Å². The molecule has 0 radical (unpaired) electrons. The van der Waals surface area contributed by atoms with Crippen LogP contribution in [0.5, 0.6) is 0 Å². The first-order valence-corrected chi connectivity index (χ1v) is 6.30. The zero-order valence-electron chi connectivity index (χ0n) is 10.0. The Bertz CT molecular complexity index is 525. The number of nitrogens with zero attached hydrogens (tertiary/aromatic N) is 1. The fraction of sp³-hybridized carbons (Fsp3) is 0.333. The van der Waals surface area contributed by atoms with Crippen LogP contribution in [0, 0.1) is 0 Å². The van der Waals surface area contributed by atoms with Gasteiger partial charge in [0.1, 0.15) is 0 Å². The van der Waals surface area contributed by atoms with E-state index in [1.165, 1.54) is 30.4 Å². The van der Waals surface area contributed by atoms with Gasteiger partial charge < -0.3 is 10.3 Å². The van der Waals surface area contributed by atoms with Crippen LogP contribution in [0.2, 0.25) is 0 Å². The molecular weight excluding hydrogens is 208 g/mol. The fourth-order valence-corrected chi connectivity index (χ4v) is 2.64. The largest absolute Gasteiger partial charge is 0.350 e. The van der Waals surface area contributed by atoms with E-state index in [4.69, 9.17) is 5.73 Å². The Morgan fingerprint density at radius 1 is 1.06 bits per heavy atom. The molecule has 1 aromatic heterocycles. The van der Waals surface area contributed by atoms with E-state index >= 15 is 0 Å². The van der Waals surface area contributed by atoms with Gasteiger partial charge >= 0.3 is 0 Å². The van der Waals surface area contributed by atoms with Gasteiger partial charge in [-0.05, 0) is 47.6 Å². The van der Waals surface area contributed by atoms with Crippen LogP contribution >= 0.6 is 0 Å². The van der Waals surface area contributed by atoms with Gasteiger partial charge in [0.25, 0.3) is 0 Å². The molecule has 17 heavy (non-hydrogen) atoms.